The second-order valence-corrected chi connectivity index (χ2v) is 20.0. The molecule has 1 unspecified atom stereocenters. The quantitative estimate of drug-likeness (QED) is 0.0134. The number of carbonyl (C=O) groups is 6. The standard InChI is InChI=1S/C53H53N9O12S2/c1-53(2,3)74-52(68)56-45(55-51(67)70-29-28-39(63)72-43(32-18-10-6-11-19-32)33-20-12-7-13-21-33)38-27-26-37(71-38)40(58-69-5)46(64)54-41-47(65)62-42(36(30-75-48(41)62)31-76-50-57-59-60-61(50)4)49(66)73-44(34-22-14-8-15-23-34)35-24-16-9-17-25-35/h6-27,41,43-45,48H,28-31H2,1-5H3,(H,54,64)(H,55,67)(H,56,68)/b58-40+/t41-,45?,48-/m1/s1. The van der Waals surface area contributed by atoms with Crippen molar-refractivity contribution in [3.8, 4) is 0 Å². The smallest absolute Gasteiger partial charge is 0.409 e. The first-order valence-electron chi connectivity index (χ1n) is 23.7. The van der Waals surface area contributed by atoms with Gasteiger partial charge in [-0.25, -0.2) is 19.1 Å². The maximum atomic E-state index is 14.5. The zero-order valence-corrected chi connectivity index (χ0v) is 43.4. The number of hydrogen-bond donors (Lipinski definition) is 3. The fraction of sp³-hybridized carbons (Fsp3) is 0.283. The number of nitrogens with zero attached hydrogens (tertiary/aromatic N) is 6. The zero-order valence-electron chi connectivity index (χ0n) is 41.8. The Labute approximate surface area is 445 Å². The molecule has 1 saturated heterocycles. The number of carbonyl (C=O) groups excluding carboxylic acids is 6. The molecule has 3 atom stereocenters. The van der Waals surface area contributed by atoms with Gasteiger partial charge in [0.05, 0.1) is 6.42 Å². The van der Waals surface area contributed by atoms with E-state index in [1.165, 1.54) is 52.3 Å². The number of alkyl carbamates (subject to hydrolysis) is 2. The van der Waals surface area contributed by atoms with E-state index in [4.69, 9.17) is 28.2 Å². The van der Waals surface area contributed by atoms with Crippen molar-refractivity contribution in [2.45, 2.75) is 67.7 Å². The van der Waals surface area contributed by atoms with Crippen LogP contribution in [0.1, 0.15) is 79.3 Å². The van der Waals surface area contributed by atoms with Gasteiger partial charge in [-0.3, -0.25) is 29.9 Å². The minimum absolute atomic E-state index is 0.0365. The van der Waals surface area contributed by atoms with E-state index >= 15 is 0 Å². The number of tetrazole rings is 1. The molecule has 394 valence electrons. The van der Waals surface area contributed by atoms with Gasteiger partial charge in [0.15, 0.2) is 24.1 Å². The summed E-state index contributed by atoms with van der Waals surface area (Å²) in [4.78, 5) is 88.8. The number of fused-ring (bicyclic) bond motifs is 1. The number of thioether (sulfide) groups is 2. The zero-order chi connectivity index (χ0) is 53.8. The van der Waals surface area contributed by atoms with Crippen molar-refractivity contribution in [3.05, 3.63) is 179 Å². The highest BCUT2D eigenvalue weighted by Gasteiger charge is 2.55. The molecule has 4 amide bonds. The average Bonchev–Trinajstić information content (AvgIpc) is 4.09. The van der Waals surface area contributed by atoms with E-state index in [9.17, 15) is 28.8 Å². The molecule has 8 rings (SSSR count). The van der Waals surface area contributed by atoms with Gasteiger partial charge in [-0.1, -0.05) is 138 Å². The highest BCUT2D eigenvalue weighted by Crippen LogP contribution is 2.43. The van der Waals surface area contributed by atoms with Crippen LogP contribution in [0.3, 0.4) is 0 Å². The summed E-state index contributed by atoms with van der Waals surface area (Å²) in [5.74, 6) is -2.67. The number of nitrogens with one attached hydrogen (secondary N) is 3. The first-order valence-corrected chi connectivity index (χ1v) is 25.8. The Hall–Kier alpha value is -8.44. The monoisotopic (exact) mass is 1070 g/mol. The van der Waals surface area contributed by atoms with Crippen LogP contribution < -0.4 is 16.0 Å². The summed E-state index contributed by atoms with van der Waals surface area (Å²) in [6.07, 6.45) is -5.30. The molecule has 0 spiro atoms. The highest BCUT2D eigenvalue weighted by molar-refractivity contribution is 8.01. The lowest BCUT2D eigenvalue weighted by atomic mass is 10.0. The van der Waals surface area contributed by atoms with Crippen LogP contribution in [0.2, 0.25) is 0 Å². The number of esters is 2. The minimum Gasteiger partial charge on any atom is -0.455 e. The van der Waals surface area contributed by atoms with Gasteiger partial charge in [-0.2, -0.15) is 0 Å². The summed E-state index contributed by atoms with van der Waals surface area (Å²) in [7, 11) is 2.89. The van der Waals surface area contributed by atoms with Gasteiger partial charge in [0.1, 0.15) is 42.2 Å². The van der Waals surface area contributed by atoms with Crippen LogP contribution in [0.25, 0.3) is 0 Å². The number of benzene rings is 4. The van der Waals surface area contributed by atoms with Gasteiger partial charge < -0.3 is 33.5 Å². The van der Waals surface area contributed by atoms with E-state index in [0.29, 0.717) is 21.9 Å². The molecular weight excluding hydrogens is 1020 g/mol. The molecule has 76 heavy (non-hydrogen) atoms. The molecule has 0 aliphatic carbocycles. The largest absolute Gasteiger partial charge is 0.455 e. The average molecular weight is 1070 g/mol. The van der Waals surface area contributed by atoms with Gasteiger partial charge in [-0.05, 0) is 71.2 Å². The molecule has 0 saturated carbocycles. The number of furan rings is 1. The Balaban J connectivity index is 0.957. The molecule has 0 bridgehead atoms. The van der Waals surface area contributed by atoms with Crippen LogP contribution in [-0.2, 0) is 50.0 Å². The topological polar surface area (TPSA) is 257 Å². The molecule has 23 heteroatoms. The number of amides is 4. The van der Waals surface area contributed by atoms with Gasteiger partial charge in [0, 0.05) is 18.6 Å². The fourth-order valence-corrected chi connectivity index (χ4v) is 10.3. The van der Waals surface area contributed by atoms with E-state index in [1.807, 2.05) is 121 Å². The second-order valence-electron chi connectivity index (χ2n) is 17.9. The lowest BCUT2D eigenvalue weighted by Gasteiger charge is -2.49. The molecule has 2 aromatic heterocycles. The lowest BCUT2D eigenvalue weighted by molar-refractivity contribution is -0.154. The Kier molecular flexibility index (Phi) is 17.5. The summed E-state index contributed by atoms with van der Waals surface area (Å²) in [5.41, 5.74) is 2.19. The molecule has 0 radical (unpaired) electrons. The van der Waals surface area contributed by atoms with Crippen LogP contribution in [0, 0.1) is 0 Å². The van der Waals surface area contributed by atoms with Gasteiger partial charge in [0.2, 0.25) is 10.9 Å². The van der Waals surface area contributed by atoms with E-state index < -0.39 is 83.6 Å². The first-order chi connectivity index (χ1) is 36.7. The molecule has 2 aliphatic rings. The maximum Gasteiger partial charge on any atom is 0.409 e. The summed E-state index contributed by atoms with van der Waals surface area (Å²) in [5, 5.41) is 23.0. The number of ether oxygens (including phenoxy) is 4. The van der Waals surface area contributed by atoms with Crippen molar-refractivity contribution in [1.82, 2.24) is 41.1 Å². The third-order valence-corrected chi connectivity index (χ3v) is 13.8. The summed E-state index contributed by atoms with van der Waals surface area (Å²) in [6.45, 7) is 4.54. The summed E-state index contributed by atoms with van der Waals surface area (Å²) in [6, 6.07) is 38.4. The first kappa shape index (κ1) is 53.8. The SMILES string of the molecule is CO/N=C(/C(=O)N[C@@H]1C(=O)N2C(C(=O)OC(c3ccccc3)c3ccccc3)=C(CSc3nnnn3C)CS[C@H]12)c1ccc(C(NC(=O)OCCC(=O)OC(c2ccccc2)c2ccccc2)NC(=O)OC(C)(C)C)o1. The number of aromatic nitrogens is 4. The van der Waals surface area contributed by atoms with Gasteiger partial charge in [-0.15, -0.1) is 16.9 Å². The lowest BCUT2D eigenvalue weighted by Crippen LogP contribution is -2.71. The molecule has 1 fully saturated rings. The maximum absolute atomic E-state index is 14.5. The predicted octanol–water partition coefficient (Wildman–Crippen LogP) is 6.91. The minimum atomic E-state index is -1.46. The summed E-state index contributed by atoms with van der Waals surface area (Å²) < 4.78 is 30.4. The van der Waals surface area contributed by atoms with Gasteiger partial charge >= 0.3 is 24.1 Å². The number of oxime groups is 1. The Morgan fingerprint density at radius 1 is 0.803 bits per heavy atom. The van der Waals surface area contributed by atoms with E-state index in [2.05, 4.69) is 36.6 Å². The Morgan fingerprint density at radius 3 is 1.91 bits per heavy atom. The second kappa shape index (κ2) is 24.7. The van der Waals surface area contributed by atoms with Crippen molar-refractivity contribution in [2.24, 2.45) is 12.2 Å². The van der Waals surface area contributed by atoms with E-state index in [1.54, 1.807) is 27.8 Å². The molecule has 21 nitrogen and oxygen atoms in total. The van der Waals surface area contributed by atoms with E-state index in [-0.39, 0.29) is 35.1 Å². The van der Waals surface area contributed by atoms with Crippen molar-refractivity contribution < 1.29 is 57.0 Å². The van der Waals surface area contributed by atoms with Crippen LogP contribution in [0.5, 0.6) is 0 Å². The van der Waals surface area contributed by atoms with Gasteiger partial charge in [0.25, 0.3) is 11.8 Å². The Bertz CT molecular complexity index is 3000. The molecule has 2 aliphatic heterocycles. The summed E-state index contributed by atoms with van der Waals surface area (Å²) >= 11 is 2.61. The third kappa shape index (κ3) is 13.4. The fourth-order valence-electron chi connectivity index (χ4n) is 7.92. The van der Waals surface area contributed by atoms with Crippen LogP contribution in [-0.4, -0.2) is 109 Å². The molecule has 3 N–H and O–H groups in total. The third-order valence-electron chi connectivity index (χ3n) is 11.4. The molecular formula is C53H53N9O12S2. The van der Waals surface area contributed by atoms with Crippen LogP contribution >= 0.6 is 23.5 Å². The van der Waals surface area contributed by atoms with Crippen molar-refractivity contribution in [1.29, 1.82) is 0 Å². The number of β-lactam (4-membered cyclic amide) rings is 1. The van der Waals surface area contributed by atoms with Crippen molar-refractivity contribution in [3.63, 3.8) is 0 Å². The molecule has 4 heterocycles. The van der Waals surface area contributed by atoms with Crippen LogP contribution in [0.15, 0.2) is 159 Å². The Morgan fingerprint density at radius 2 is 1.37 bits per heavy atom. The number of hydrogen-bond acceptors (Lipinski definition) is 18. The highest BCUT2D eigenvalue weighted by atomic mass is 32.2. The molecule has 4 aromatic carbocycles. The predicted molar refractivity (Wildman–Crippen MR) is 277 cm³/mol. The van der Waals surface area contributed by atoms with E-state index in [0.717, 1.165) is 11.1 Å². The van der Waals surface area contributed by atoms with Crippen LogP contribution in [0.4, 0.5) is 9.59 Å². The normalized spacial score (nSPS) is 15.8. The number of rotatable bonds is 20. The number of aryl methyl sites for hydroxylation is 1. The van der Waals surface area contributed by atoms with Crippen molar-refractivity contribution >= 4 is 65.2 Å². The van der Waals surface area contributed by atoms with Crippen molar-refractivity contribution in [2.75, 3.05) is 25.2 Å². The molecule has 6 aromatic rings.